The van der Waals surface area contributed by atoms with Gasteiger partial charge in [-0.2, -0.15) is 9.61 Å². The first-order valence-electron chi connectivity index (χ1n) is 5.48. The standard InChI is InChI=1S/C13H7N3OS/c17-12-10-5-8-3-1-2-4-9(8)6-11(10)15-13-16(12)14-7-18-13/h1-7H. The molecular formula is C13H7N3OS. The highest BCUT2D eigenvalue weighted by molar-refractivity contribution is 7.14. The minimum atomic E-state index is -0.109. The van der Waals surface area contributed by atoms with E-state index in [0.29, 0.717) is 10.3 Å². The van der Waals surface area contributed by atoms with Crippen molar-refractivity contribution < 1.29 is 0 Å². The summed E-state index contributed by atoms with van der Waals surface area (Å²) in [5.74, 6) is 0. The number of fused-ring (bicyclic) bond motifs is 3. The average Bonchev–Trinajstić information content (AvgIpc) is 2.86. The maximum atomic E-state index is 12.3. The van der Waals surface area contributed by atoms with Crippen molar-refractivity contribution >= 4 is 38.0 Å². The lowest BCUT2D eigenvalue weighted by atomic mass is 10.1. The summed E-state index contributed by atoms with van der Waals surface area (Å²) in [5.41, 5.74) is 2.24. The molecule has 0 aliphatic carbocycles. The fourth-order valence-corrected chi connectivity index (χ4v) is 2.76. The third-order valence-corrected chi connectivity index (χ3v) is 3.68. The van der Waals surface area contributed by atoms with E-state index in [0.717, 1.165) is 16.3 Å². The van der Waals surface area contributed by atoms with Crippen LogP contribution in [-0.2, 0) is 0 Å². The molecule has 4 rings (SSSR count). The lowest BCUT2D eigenvalue weighted by Gasteiger charge is -2.01. The topological polar surface area (TPSA) is 47.3 Å². The predicted molar refractivity (Wildman–Crippen MR) is 72.1 cm³/mol. The fourth-order valence-electron chi connectivity index (χ4n) is 2.14. The lowest BCUT2D eigenvalue weighted by molar-refractivity contribution is 0.916. The maximum Gasteiger partial charge on any atom is 0.283 e. The molecule has 0 N–H and O–H groups in total. The van der Waals surface area contributed by atoms with Crippen LogP contribution in [0.3, 0.4) is 0 Å². The van der Waals surface area contributed by atoms with E-state index in [9.17, 15) is 4.79 Å². The van der Waals surface area contributed by atoms with Crippen LogP contribution in [0.15, 0.2) is 46.7 Å². The Kier molecular flexibility index (Phi) is 1.82. The van der Waals surface area contributed by atoms with Gasteiger partial charge in [0.2, 0.25) is 4.96 Å². The van der Waals surface area contributed by atoms with E-state index < -0.39 is 0 Å². The van der Waals surface area contributed by atoms with Gasteiger partial charge in [0.25, 0.3) is 5.56 Å². The molecule has 0 unspecified atom stereocenters. The summed E-state index contributed by atoms with van der Waals surface area (Å²) in [6.07, 6.45) is 0. The molecule has 86 valence electrons. The van der Waals surface area contributed by atoms with E-state index in [-0.39, 0.29) is 5.56 Å². The Bertz CT molecular complexity index is 955. The van der Waals surface area contributed by atoms with Crippen molar-refractivity contribution in [2.24, 2.45) is 0 Å². The number of hydrogen-bond donors (Lipinski definition) is 0. The molecule has 0 amide bonds. The normalized spacial score (nSPS) is 11.6. The van der Waals surface area contributed by atoms with Crippen LogP contribution >= 0.6 is 11.3 Å². The summed E-state index contributed by atoms with van der Waals surface area (Å²) in [4.78, 5) is 17.4. The van der Waals surface area contributed by atoms with E-state index >= 15 is 0 Å². The Morgan fingerprint density at radius 2 is 1.89 bits per heavy atom. The summed E-state index contributed by atoms with van der Waals surface area (Å²) in [7, 11) is 0. The van der Waals surface area contributed by atoms with Crippen molar-refractivity contribution in [2.45, 2.75) is 0 Å². The van der Waals surface area contributed by atoms with Gasteiger partial charge in [-0.25, -0.2) is 4.98 Å². The minimum Gasteiger partial charge on any atom is -0.267 e. The van der Waals surface area contributed by atoms with Crippen molar-refractivity contribution in [3.8, 4) is 0 Å². The first kappa shape index (κ1) is 9.73. The molecule has 4 aromatic rings. The molecule has 0 aliphatic rings. The zero-order chi connectivity index (χ0) is 12.1. The highest BCUT2D eigenvalue weighted by Gasteiger charge is 2.08. The molecule has 0 saturated carbocycles. The first-order valence-corrected chi connectivity index (χ1v) is 6.36. The molecule has 5 heteroatoms. The molecule has 18 heavy (non-hydrogen) atoms. The Hall–Kier alpha value is -2.27. The molecule has 0 atom stereocenters. The molecule has 0 aliphatic heterocycles. The third kappa shape index (κ3) is 1.22. The number of rotatable bonds is 0. The van der Waals surface area contributed by atoms with E-state index in [1.165, 1.54) is 15.9 Å². The first-order chi connectivity index (χ1) is 8.83. The van der Waals surface area contributed by atoms with Gasteiger partial charge in [0.05, 0.1) is 10.9 Å². The summed E-state index contributed by atoms with van der Waals surface area (Å²) in [6, 6.07) is 11.8. The van der Waals surface area contributed by atoms with Crippen molar-refractivity contribution in [3.63, 3.8) is 0 Å². The van der Waals surface area contributed by atoms with Crippen LogP contribution in [0.4, 0.5) is 0 Å². The second-order valence-electron chi connectivity index (χ2n) is 4.07. The summed E-state index contributed by atoms with van der Waals surface area (Å²) in [6.45, 7) is 0. The average molecular weight is 253 g/mol. The van der Waals surface area contributed by atoms with Gasteiger partial charge in [0.1, 0.15) is 5.51 Å². The van der Waals surface area contributed by atoms with Crippen LogP contribution in [0.2, 0.25) is 0 Å². The molecule has 2 aromatic carbocycles. The zero-order valence-electron chi connectivity index (χ0n) is 9.20. The second kappa shape index (κ2) is 3.36. The highest BCUT2D eigenvalue weighted by atomic mass is 32.1. The Balaban J connectivity index is 2.32. The van der Waals surface area contributed by atoms with E-state index in [2.05, 4.69) is 10.1 Å². The van der Waals surface area contributed by atoms with Crippen LogP contribution in [0.5, 0.6) is 0 Å². The van der Waals surface area contributed by atoms with Crippen LogP contribution in [-0.4, -0.2) is 14.6 Å². The van der Waals surface area contributed by atoms with Crippen LogP contribution in [0, 0.1) is 0 Å². The third-order valence-electron chi connectivity index (χ3n) is 3.00. The maximum absolute atomic E-state index is 12.3. The summed E-state index contributed by atoms with van der Waals surface area (Å²) in [5, 5.41) is 6.75. The summed E-state index contributed by atoms with van der Waals surface area (Å²) >= 11 is 1.36. The molecule has 4 nitrogen and oxygen atoms in total. The quantitative estimate of drug-likeness (QED) is 0.452. The molecule has 2 heterocycles. The zero-order valence-corrected chi connectivity index (χ0v) is 10.0. The molecule has 0 saturated heterocycles. The van der Waals surface area contributed by atoms with Gasteiger partial charge >= 0.3 is 0 Å². The van der Waals surface area contributed by atoms with Gasteiger partial charge in [-0.15, -0.1) is 0 Å². The van der Waals surface area contributed by atoms with Gasteiger partial charge in [-0.05, 0) is 22.9 Å². The van der Waals surface area contributed by atoms with Crippen molar-refractivity contribution in [1.82, 2.24) is 14.6 Å². The van der Waals surface area contributed by atoms with Crippen molar-refractivity contribution in [3.05, 3.63) is 52.3 Å². The number of hydrogen-bond acceptors (Lipinski definition) is 4. The van der Waals surface area contributed by atoms with Gasteiger partial charge in [-0.3, -0.25) is 4.79 Å². The largest absolute Gasteiger partial charge is 0.283 e. The number of aromatic nitrogens is 3. The van der Waals surface area contributed by atoms with Gasteiger partial charge in [0, 0.05) is 0 Å². The van der Waals surface area contributed by atoms with Crippen molar-refractivity contribution in [1.29, 1.82) is 0 Å². The van der Waals surface area contributed by atoms with E-state index in [1.54, 1.807) is 5.51 Å². The fraction of sp³-hybridized carbons (Fsp3) is 0. The Morgan fingerprint density at radius 3 is 2.72 bits per heavy atom. The molecule has 0 spiro atoms. The number of benzene rings is 2. The Labute approximate surface area is 105 Å². The van der Waals surface area contributed by atoms with Crippen molar-refractivity contribution in [2.75, 3.05) is 0 Å². The molecule has 0 fully saturated rings. The van der Waals surface area contributed by atoms with Crippen LogP contribution < -0.4 is 5.56 Å². The molecular weight excluding hydrogens is 246 g/mol. The van der Waals surface area contributed by atoms with E-state index in [1.807, 2.05) is 36.4 Å². The molecule has 0 bridgehead atoms. The van der Waals surface area contributed by atoms with Gasteiger partial charge < -0.3 is 0 Å². The molecule has 2 aromatic heterocycles. The lowest BCUT2D eigenvalue weighted by Crippen LogP contribution is -2.14. The SMILES string of the molecule is O=c1c2cc3ccccc3cc2nc2scnn12. The Morgan fingerprint density at radius 1 is 1.11 bits per heavy atom. The molecule has 0 radical (unpaired) electrons. The highest BCUT2D eigenvalue weighted by Crippen LogP contribution is 2.20. The predicted octanol–water partition coefficient (Wildman–Crippen LogP) is 2.46. The minimum absolute atomic E-state index is 0.109. The monoisotopic (exact) mass is 253 g/mol. The van der Waals surface area contributed by atoms with Gasteiger partial charge in [0.15, 0.2) is 0 Å². The smallest absolute Gasteiger partial charge is 0.267 e. The van der Waals surface area contributed by atoms with Crippen LogP contribution in [0.1, 0.15) is 0 Å². The van der Waals surface area contributed by atoms with Gasteiger partial charge in [-0.1, -0.05) is 35.6 Å². The van der Waals surface area contributed by atoms with E-state index in [4.69, 9.17) is 0 Å². The van der Waals surface area contributed by atoms with Crippen LogP contribution in [0.25, 0.3) is 26.6 Å². The number of nitrogens with zero attached hydrogens (tertiary/aromatic N) is 3. The summed E-state index contributed by atoms with van der Waals surface area (Å²) < 4.78 is 1.35. The second-order valence-corrected chi connectivity index (χ2v) is 4.88.